The maximum atomic E-state index is 11.9. The van der Waals surface area contributed by atoms with E-state index < -0.39 is 0 Å². The van der Waals surface area contributed by atoms with Crippen LogP contribution in [-0.4, -0.2) is 49.2 Å². The lowest BCUT2D eigenvalue weighted by Gasteiger charge is -2.25. The Morgan fingerprint density at radius 2 is 2.05 bits per heavy atom. The van der Waals surface area contributed by atoms with Crippen LogP contribution in [0.3, 0.4) is 0 Å². The molecule has 0 spiro atoms. The van der Waals surface area contributed by atoms with Gasteiger partial charge in [0.05, 0.1) is 12.6 Å². The minimum Gasteiger partial charge on any atom is -0.378 e. The summed E-state index contributed by atoms with van der Waals surface area (Å²) < 4.78 is 5.80. The number of hydrogen-bond donors (Lipinski definition) is 1. The number of nitrogens with one attached hydrogen (secondary N) is 1. The fraction of sp³-hybridized carbons (Fsp3) is 0.938. The first-order chi connectivity index (χ1) is 9.81. The third-order valence-electron chi connectivity index (χ3n) is 5.17. The Kier molecular flexibility index (Phi) is 4.94. The molecule has 2 saturated carbocycles. The molecule has 4 nitrogen and oxygen atoms in total. The first kappa shape index (κ1) is 14.3. The molecule has 2 bridgehead atoms. The van der Waals surface area contributed by atoms with Gasteiger partial charge in [-0.3, -0.25) is 9.69 Å². The van der Waals surface area contributed by atoms with Gasteiger partial charge in [-0.05, 0) is 44.4 Å². The number of amides is 1. The average Bonchev–Trinajstić information content (AvgIpc) is 3.15. The van der Waals surface area contributed by atoms with Crippen molar-refractivity contribution in [3.8, 4) is 0 Å². The number of carbonyl (C=O) groups excluding carboxylic acids is 1. The normalized spacial score (nSPS) is 30.2. The largest absolute Gasteiger partial charge is 0.378 e. The SMILES string of the molecule is O=C(CN1C[C@@H]2CC[C@H]1C2)NCCCOC1CCCC1. The number of likely N-dealkylation sites (tertiary alicyclic amines) is 1. The van der Waals surface area contributed by atoms with Gasteiger partial charge in [-0.1, -0.05) is 12.8 Å². The van der Waals surface area contributed by atoms with Crippen LogP contribution in [-0.2, 0) is 9.53 Å². The van der Waals surface area contributed by atoms with Gasteiger partial charge in [0.1, 0.15) is 0 Å². The molecule has 1 N–H and O–H groups in total. The molecule has 3 aliphatic rings. The summed E-state index contributed by atoms with van der Waals surface area (Å²) in [5, 5.41) is 3.03. The van der Waals surface area contributed by atoms with Gasteiger partial charge in [-0.2, -0.15) is 0 Å². The summed E-state index contributed by atoms with van der Waals surface area (Å²) in [5.41, 5.74) is 0. The molecule has 2 aliphatic carbocycles. The number of fused-ring (bicyclic) bond motifs is 2. The molecule has 114 valence electrons. The van der Waals surface area contributed by atoms with Crippen LogP contribution in [0.4, 0.5) is 0 Å². The summed E-state index contributed by atoms with van der Waals surface area (Å²) in [6.45, 7) is 3.29. The van der Waals surface area contributed by atoms with Crippen LogP contribution in [0.15, 0.2) is 0 Å². The van der Waals surface area contributed by atoms with Crippen molar-refractivity contribution in [2.75, 3.05) is 26.2 Å². The van der Waals surface area contributed by atoms with E-state index in [2.05, 4.69) is 10.2 Å². The summed E-state index contributed by atoms with van der Waals surface area (Å²) >= 11 is 0. The predicted octanol–water partition coefficient (Wildman–Crippen LogP) is 1.94. The maximum absolute atomic E-state index is 11.9. The predicted molar refractivity (Wildman–Crippen MR) is 78.5 cm³/mol. The van der Waals surface area contributed by atoms with Crippen LogP contribution < -0.4 is 5.32 Å². The Morgan fingerprint density at radius 1 is 1.20 bits per heavy atom. The molecular formula is C16H28N2O2. The number of piperidine rings is 1. The van der Waals surface area contributed by atoms with E-state index in [1.807, 2.05) is 0 Å². The molecule has 3 rings (SSSR count). The second kappa shape index (κ2) is 6.90. The molecular weight excluding hydrogens is 252 g/mol. The van der Waals surface area contributed by atoms with Crippen LogP contribution in [0.5, 0.6) is 0 Å². The van der Waals surface area contributed by atoms with Crippen molar-refractivity contribution >= 4 is 5.91 Å². The lowest BCUT2D eigenvalue weighted by atomic mass is 10.1. The van der Waals surface area contributed by atoms with Gasteiger partial charge in [0.15, 0.2) is 0 Å². The highest BCUT2D eigenvalue weighted by molar-refractivity contribution is 5.78. The molecule has 0 aromatic carbocycles. The van der Waals surface area contributed by atoms with E-state index >= 15 is 0 Å². The molecule has 2 atom stereocenters. The highest BCUT2D eigenvalue weighted by atomic mass is 16.5. The van der Waals surface area contributed by atoms with Crippen LogP contribution in [0.2, 0.25) is 0 Å². The molecule has 1 amide bonds. The number of carbonyl (C=O) groups is 1. The third-order valence-corrected chi connectivity index (χ3v) is 5.17. The van der Waals surface area contributed by atoms with Crippen molar-refractivity contribution in [1.82, 2.24) is 10.2 Å². The Bertz CT molecular complexity index is 328. The minimum atomic E-state index is 0.193. The van der Waals surface area contributed by atoms with E-state index in [9.17, 15) is 4.79 Å². The van der Waals surface area contributed by atoms with E-state index in [1.165, 1.54) is 44.9 Å². The first-order valence-electron chi connectivity index (χ1n) is 8.43. The van der Waals surface area contributed by atoms with Gasteiger partial charge in [0.2, 0.25) is 5.91 Å². The molecule has 1 heterocycles. The Morgan fingerprint density at radius 3 is 2.75 bits per heavy atom. The highest BCUT2D eigenvalue weighted by Gasteiger charge is 2.38. The van der Waals surface area contributed by atoms with Crippen molar-refractivity contribution in [3.05, 3.63) is 0 Å². The summed E-state index contributed by atoms with van der Waals surface area (Å²) in [7, 11) is 0. The Balaban J connectivity index is 1.22. The molecule has 1 saturated heterocycles. The number of rotatable bonds is 7. The zero-order valence-corrected chi connectivity index (χ0v) is 12.5. The highest BCUT2D eigenvalue weighted by Crippen LogP contribution is 2.36. The average molecular weight is 280 g/mol. The molecule has 0 aromatic heterocycles. The summed E-state index contributed by atoms with van der Waals surface area (Å²) in [6, 6.07) is 0.691. The molecule has 0 aromatic rings. The number of ether oxygens (including phenoxy) is 1. The fourth-order valence-electron chi connectivity index (χ4n) is 4.07. The summed E-state index contributed by atoms with van der Waals surface area (Å²) in [5.74, 6) is 1.06. The van der Waals surface area contributed by atoms with Gasteiger partial charge < -0.3 is 10.1 Å². The Labute approximate surface area is 122 Å². The standard InChI is InChI=1S/C16H28N2O2/c19-16(12-18-11-13-6-7-14(18)10-13)17-8-3-9-20-15-4-1-2-5-15/h13-15H,1-12H2,(H,17,19)/t13-,14+/m1/s1. The maximum Gasteiger partial charge on any atom is 0.234 e. The summed E-state index contributed by atoms with van der Waals surface area (Å²) in [6.07, 6.45) is 10.5. The minimum absolute atomic E-state index is 0.193. The van der Waals surface area contributed by atoms with Crippen LogP contribution in [0.1, 0.15) is 51.4 Å². The van der Waals surface area contributed by atoms with Crippen LogP contribution in [0, 0.1) is 5.92 Å². The topological polar surface area (TPSA) is 41.6 Å². The second-order valence-electron chi connectivity index (χ2n) is 6.74. The van der Waals surface area contributed by atoms with E-state index in [1.54, 1.807) is 0 Å². The first-order valence-corrected chi connectivity index (χ1v) is 8.43. The Hall–Kier alpha value is -0.610. The van der Waals surface area contributed by atoms with E-state index in [4.69, 9.17) is 4.74 Å². The zero-order valence-electron chi connectivity index (χ0n) is 12.5. The van der Waals surface area contributed by atoms with Gasteiger partial charge >= 0.3 is 0 Å². The van der Waals surface area contributed by atoms with Gasteiger partial charge in [0, 0.05) is 25.7 Å². The van der Waals surface area contributed by atoms with Crippen molar-refractivity contribution in [1.29, 1.82) is 0 Å². The third kappa shape index (κ3) is 3.73. The van der Waals surface area contributed by atoms with Gasteiger partial charge in [-0.15, -0.1) is 0 Å². The van der Waals surface area contributed by atoms with E-state index in [-0.39, 0.29) is 5.91 Å². The summed E-state index contributed by atoms with van der Waals surface area (Å²) in [4.78, 5) is 14.3. The van der Waals surface area contributed by atoms with Crippen LogP contribution >= 0.6 is 0 Å². The van der Waals surface area contributed by atoms with Crippen molar-refractivity contribution in [2.45, 2.75) is 63.5 Å². The van der Waals surface area contributed by atoms with Crippen molar-refractivity contribution in [3.63, 3.8) is 0 Å². The van der Waals surface area contributed by atoms with Gasteiger partial charge in [0.25, 0.3) is 0 Å². The smallest absolute Gasteiger partial charge is 0.234 e. The molecule has 20 heavy (non-hydrogen) atoms. The fourth-order valence-corrected chi connectivity index (χ4v) is 4.07. The zero-order chi connectivity index (χ0) is 13.8. The lowest BCUT2D eigenvalue weighted by molar-refractivity contribution is -0.122. The quantitative estimate of drug-likeness (QED) is 0.725. The monoisotopic (exact) mass is 280 g/mol. The molecule has 0 radical (unpaired) electrons. The number of hydrogen-bond acceptors (Lipinski definition) is 3. The van der Waals surface area contributed by atoms with Crippen molar-refractivity contribution < 1.29 is 9.53 Å². The molecule has 3 fully saturated rings. The van der Waals surface area contributed by atoms with Gasteiger partial charge in [-0.25, -0.2) is 0 Å². The molecule has 0 unspecified atom stereocenters. The van der Waals surface area contributed by atoms with Crippen LogP contribution in [0.25, 0.3) is 0 Å². The lowest BCUT2D eigenvalue weighted by Crippen LogP contribution is -2.41. The number of nitrogens with zero attached hydrogens (tertiary/aromatic N) is 1. The molecule has 4 heteroatoms. The second-order valence-corrected chi connectivity index (χ2v) is 6.74. The van der Waals surface area contributed by atoms with E-state index in [0.717, 1.165) is 32.0 Å². The van der Waals surface area contributed by atoms with Crippen molar-refractivity contribution in [2.24, 2.45) is 5.92 Å². The molecule has 1 aliphatic heterocycles. The van der Waals surface area contributed by atoms with E-state index in [0.29, 0.717) is 18.7 Å².